The number of methoxy groups -OCH3 is 1. The van der Waals surface area contributed by atoms with Gasteiger partial charge in [-0.15, -0.1) is 11.3 Å². The molecule has 0 spiro atoms. The van der Waals surface area contributed by atoms with Crippen LogP contribution in [0, 0.1) is 0 Å². The molecule has 1 aromatic carbocycles. The van der Waals surface area contributed by atoms with Crippen molar-refractivity contribution >= 4 is 28.9 Å². The Kier molecular flexibility index (Phi) is 5.55. The van der Waals surface area contributed by atoms with Gasteiger partial charge in [-0.25, -0.2) is 4.79 Å². The quantitative estimate of drug-likeness (QED) is 0.830. The summed E-state index contributed by atoms with van der Waals surface area (Å²) in [6.07, 6.45) is -0.119. The standard InChI is InChI=1S/C16H17NO4S/c1-3-13(21-11-7-5-4-6-8-11)15(18)17-12-9-10-22-14(12)16(19)20-2/h4-10,13H,3H2,1-2H3,(H,17,18)/t13-/m0/s1. The minimum absolute atomic E-state index is 0.296. The molecule has 0 aliphatic carbocycles. The molecule has 0 radical (unpaired) electrons. The number of nitrogens with one attached hydrogen (secondary N) is 1. The van der Waals surface area contributed by atoms with Gasteiger partial charge in [-0.05, 0) is 30.0 Å². The lowest BCUT2D eigenvalue weighted by molar-refractivity contribution is -0.122. The summed E-state index contributed by atoms with van der Waals surface area (Å²) in [5.41, 5.74) is 0.442. The Labute approximate surface area is 132 Å². The summed E-state index contributed by atoms with van der Waals surface area (Å²) < 4.78 is 10.4. The van der Waals surface area contributed by atoms with E-state index in [0.29, 0.717) is 22.7 Å². The summed E-state index contributed by atoms with van der Waals surface area (Å²) in [6, 6.07) is 10.8. The smallest absolute Gasteiger partial charge is 0.350 e. The van der Waals surface area contributed by atoms with Gasteiger partial charge in [0.15, 0.2) is 6.10 Å². The molecule has 1 amide bonds. The van der Waals surface area contributed by atoms with Crippen molar-refractivity contribution in [2.24, 2.45) is 0 Å². The maximum Gasteiger partial charge on any atom is 0.350 e. The van der Waals surface area contributed by atoms with Crippen molar-refractivity contribution in [1.29, 1.82) is 0 Å². The van der Waals surface area contributed by atoms with E-state index in [1.54, 1.807) is 23.6 Å². The first-order valence-corrected chi connectivity index (χ1v) is 7.72. The fourth-order valence-electron chi connectivity index (χ4n) is 1.86. The molecule has 0 unspecified atom stereocenters. The second kappa shape index (κ2) is 7.61. The van der Waals surface area contributed by atoms with Gasteiger partial charge >= 0.3 is 5.97 Å². The summed E-state index contributed by atoms with van der Waals surface area (Å²) in [5, 5.41) is 4.45. The second-order valence-electron chi connectivity index (χ2n) is 4.47. The van der Waals surface area contributed by atoms with E-state index in [0.717, 1.165) is 0 Å². The van der Waals surface area contributed by atoms with E-state index < -0.39 is 12.1 Å². The van der Waals surface area contributed by atoms with Gasteiger partial charge in [-0.2, -0.15) is 0 Å². The van der Waals surface area contributed by atoms with Crippen molar-refractivity contribution in [3.63, 3.8) is 0 Å². The number of hydrogen-bond donors (Lipinski definition) is 1. The molecule has 1 aromatic heterocycles. The second-order valence-corrected chi connectivity index (χ2v) is 5.39. The van der Waals surface area contributed by atoms with Crippen LogP contribution in [-0.4, -0.2) is 25.1 Å². The lowest BCUT2D eigenvalue weighted by Gasteiger charge is -2.17. The third-order valence-corrected chi connectivity index (χ3v) is 3.87. The van der Waals surface area contributed by atoms with Gasteiger partial charge in [-0.1, -0.05) is 25.1 Å². The van der Waals surface area contributed by atoms with Gasteiger partial charge < -0.3 is 14.8 Å². The first-order chi connectivity index (χ1) is 10.7. The molecule has 2 aromatic rings. The zero-order valence-corrected chi connectivity index (χ0v) is 13.2. The molecular formula is C16H17NO4S. The highest BCUT2D eigenvalue weighted by Gasteiger charge is 2.22. The summed E-state index contributed by atoms with van der Waals surface area (Å²) >= 11 is 1.22. The van der Waals surface area contributed by atoms with Crippen molar-refractivity contribution in [2.45, 2.75) is 19.4 Å². The van der Waals surface area contributed by atoms with Crippen LogP contribution in [0.25, 0.3) is 0 Å². The summed E-state index contributed by atoms with van der Waals surface area (Å²) in [6.45, 7) is 1.86. The van der Waals surface area contributed by atoms with E-state index in [9.17, 15) is 9.59 Å². The largest absolute Gasteiger partial charge is 0.481 e. The van der Waals surface area contributed by atoms with Crippen molar-refractivity contribution in [2.75, 3.05) is 12.4 Å². The van der Waals surface area contributed by atoms with E-state index in [1.807, 2.05) is 25.1 Å². The van der Waals surface area contributed by atoms with Crippen LogP contribution in [0.5, 0.6) is 5.75 Å². The van der Waals surface area contributed by atoms with Crippen LogP contribution in [0.2, 0.25) is 0 Å². The molecule has 0 saturated carbocycles. The average molecular weight is 319 g/mol. The Bertz CT molecular complexity index is 639. The Balaban J connectivity index is 2.07. The maximum absolute atomic E-state index is 12.3. The third kappa shape index (κ3) is 3.85. The number of esters is 1. The van der Waals surface area contributed by atoms with Crippen LogP contribution in [0.1, 0.15) is 23.0 Å². The number of rotatable bonds is 6. The van der Waals surface area contributed by atoms with Crippen LogP contribution >= 0.6 is 11.3 Å². The third-order valence-electron chi connectivity index (χ3n) is 2.98. The van der Waals surface area contributed by atoms with Gasteiger partial charge in [0.2, 0.25) is 0 Å². The molecule has 0 aliphatic rings. The van der Waals surface area contributed by atoms with E-state index in [4.69, 9.17) is 4.74 Å². The van der Waals surface area contributed by atoms with E-state index >= 15 is 0 Å². The van der Waals surface area contributed by atoms with Crippen molar-refractivity contribution < 1.29 is 19.1 Å². The molecule has 2 rings (SSSR count). The molecular weight excluding hydrogens is 302 g/mol. The van der Waals surface area contributed by atoms with Crippen LogP contribution in [-0.2, 0) is 9.53 Å². The van der Waals surface area contributed by atoms with Gasteiger partial charge in [0.25, 0.3) is 5.91 Å². The number of hydrogen-bond acceptors (Lipinski definition) is 5. The Morgan fingerprint density at radius 2 is 1.95 bits per heavy atom. The molecule has 1 atom stereocenters. The van der Waals surface area contributed by atoms with Gasteiger partial charge in [0.05, 0.1) is 12.8 Å². The highest BCUT2D eigenvalue weighted by atomic mass is 32.1. The molecule has 22 heavy (non-hydrogen) atoms. The number of carbonyl (C=O) groups excluding carboxylic acids is 2. The van der Waals surface area contributed by atoms with Crippen molar-refractivity contribution in [3.05, 3.63) is 46.7 Å². The first kappa shape index (κ1) is 16.0. The van der Waals surface area contributed by atoms with Gasteiger partial charge in [0, 0.05) is 0 Å². The van der Waals surface area contributed by atoms with Gasteiger partial charge in [-0.3, -0.25) is 4.79 Å². The average Bonchev–Trinajstić information content (AvgIpc) is 3.00. The first-order valence-electron chi connectivity index (χ1n) is 6.84. The molecule has 0 bridgehead atoms. The lowest BCUT2D eigenvalue weighted by Crippen LogP contribution is -2.32. The summed E-state index contributed by atoms with van der Waals surface area (Å²) in [4.78, 5) is 24.3. The predicted molar refractivity (Wildman–Crippen MR) is 85.4 cm³/mol. The highest BCUT2D eigenvalue weighted by molar-refractivity contribution is 7.12. The zero-order chi connectivity index (χ0) is 15.9. The monoisotopic (exact) mass is 319 g/mol. The molecule has 116 valence electrons. The summed E-state index contributed by atoms with van der Waals surface area (Å²) in [7, 11) is 1.31. The number of ether oxygens (including phenoxy) is 2. The normalized spacial score (nSPS) is 11.5. The molecule has 0 fully saturated rings. The number of benzene rings is 1. The van der Waals surface area contributed by atoms with Crippen LogP contribution in [0.4, 0.5) is 5.69 Å². The highest BCUT2D eigenvalue weighted by Crippen LogP contribution is 2.24. The van der Waals surface area contributed by atoms with Crippen LogP contribution < -0.4 is 10.1 Å². The molecule has 1 N–H and O–H groups in total. The fourth-order valence-corrected chi connectivity index (χ4v) is 2.62. The topological polar surface area (TPSA) is 64.6 Å². The number of amides is 1. The molecule has 0 saturated heterocycles. The molecule has 1 heterocycles. The van der Waals surface area contributed by atoms with Crippen LogP contribution in [0.15, 0.2) is 41.8 Å². The predicted octanol–water partition coefficient (Wildman–Crippen LogP) is 3.33. The van der Waals surface area contributed by atoms with Crippen molar-refractivity contribution in [3.8, 4) is 5.75 Å². The maximum atomic E-state index is 12.3. The number of carbonyl (C=O) groups is 2. The molecule has 5 nitrogen and oxygen atoms in total. The number of para-hydroxylation sites is 1. The van der Waals surface area contributed by atoms with Crippen molar-refractivity contribution in [1.82, 2.24) is 0 Å². The zero-order valence-electron chi connectivity index (χ0n) is 12.4. The fraction of sp³-hybridized carbons (Fsp3) is 0.250. The van der Waals surface area contributed by atoms with Crippen LogP contribution in [0.3, 0.4) is 0 Å². The number of anilines is 1. The molecule has 0 aliphatic heterocycles. The summed E-state index contributed by atoms with van der Waals surface area (Å²) in [5.74, 6) is -0.139. The van der Waals surface area contributed by atoms with E-state index in [2.05, 4.69) is 10.1 Å². The molecule has 6 heteroatoms. The van der Waals surface area contributed by atoms with Gasteiger partial charge in [0.1, 0.15) is 10.6 Å². The SMILES string of the molecule is CC[C@H](Oc1ccccc1)C(=O)Nc1ccsc1C(=O)OC. The van der Waals surface area contributed by atoms with E-state index in [-0.39, 0.29) is 5.91 Å². The Morgan fingerprint density at radius 1 is 1.23 bits per heavy atom. The minimum atomic E-state index is -0.632. The Hall–Kier alpha value is -2.34. The Morgan fingerprint density at radius 3 is 2.59 bits per heavy atom. The number of thiophene rings is 1. The lowest BCUT2D eigenvalue weighted by atomic mass is 10.2. The van der Waals surface area contributed by atoms with E-state index in [1.165, 1.54) is 18.4 Å². The minimum Gasteiger partial charge on any atom is -0.481 e.